The molecule has 2 aromatic rings. The molecule has 0 bridgehead atoms. The number of aromatic nitrogens is 3. The predicted octanol–water partition coefficient (Wildman–Crippen LogP) is 2.39. The van der Waals surface area contributed by atoms with Crippen molar-refractivity contribution in [3.05, 3.63) is 40.8 Å². The maximum Gasteiger partial charge on any atom is 0.126 e. The molecule has 2 rings (SSSR count). The predicted molar refractivity (Wildman–Crippen MR) is 64.5 cm³/mol. The zero-order chi connectivity index (χ0) is 11.5. The van der Waals surface area contributed by atoms with E-state index < -0.39 is 0 Å². The molecule has 84 valence electrons. The molecule has 4 nitrogen and oxygen atoms in total. The number of nitrogens with zero attached hydrogens (tertiary/aromatic N) is 3. The molecule has 16 heavy (non-hydrogen) atoms. The lowest BCUT2D eigenvalue weighted by Crippen LogP contribution is -2.01. The molecule has 0 aromatic carbocycles. The molecule has 0 atom stereocenters. The van der Waals surface area contributed by atoms with Gasteiger partial charge in [0.15, 0.2) is 0 Å². The van der Waals surface area contributed by atoms with E-state index in [0.717, 1.165) is 11.5 Å². The average Bonchev–Trinajstić information content (AvgIpc) is 2.57. The van der Waals surface area contributed by atoms with Crippen molar-refractivity contribution in [1.82, 2.24) is 14.8 Å². The summed E-state index contributed by atoms with van der Waals surface area (Å²) in [6.07, 6.45) is 3.62. The second-order valence-electron chi connectivity index (χ2n) is 3.63. The number of nitrogens with one attached hydrogen (secondary N) is 1. The van der Waals surface area contributed by atoms with Crippen LogP contribution < -0.4 is 5.32 Å². The molecule has 0 radical (unpaired) electrons. The number of hydrogen-bond acceptors (Lipinski definition) is 3. The van der Waals surface area contributed by atoms with Crippen LogP contribution in [0.25, 0.3) is 0 Å². The van der Waals surface area contributed by atoms with E-state index >= 15 is 0 Å². The average molecular weight is 237 g/mol. The largest absolute Gasteiger partial charge is 0.366 e. The van der Waals surface area contributed by atoms with Crippen LogP contribution in [0.5, 0.6) is 0 Å². The Hall–Kier alpha value is -1.55. The summed E-state index contributed by atoms with van der Waals surface area (Å²) in [7, 11) is 1.91. The first kappa shape index (κ1) is 11.0. The van der Waals surface area contributed by atoms with Gasteiger partial charge in [0.25, 0.3) is 0 Å². The van der Waals surface area contributed by atoms with Crippen molar-refractivity contribution in [3.8, 4) is 0 Å². The summed E-state index contributed by atoms with van der Waals surface area (Å²) in [6.45, 7) is 2.71. The van der Waals surface area contributed by atoms with E-state index in [9.17, 15) is 0 Å². The molecule has 0 saturated heterocycles. The molecule has 2 heterocycles. The Labute approximate surface area is 99.3 Å². The molecule has 0 aliphatic heterocycles. The van der Waals surface area contributed by atoms with Crippen molar-refractivity contribution in [2.75, 3.05) is 5.32 Å². The van der Waals surface area contributed by atoms with Crippen LogP contribution >= 0.6 is 11.6 Å². The van der Waals surface area contributed by atoms with Gasteiger partial charge in [0.2, 0.25) is 0 Å². The zero-order valence-electron chi connectivity index (χ0n) is 9.24. The Balaban J connectivity index is 2.02. The SMILES string of the molecule is Cc1nn(C)cc1CNc1ccc(Cl)cn1. The van der Waals surface area contributed by atoms with E-state index in [1.807, 2.05) is 37.0 Å². The van der Waals surface area contributed by atoms with Crippen molar-refractivity contribution in [2.24, 2.45) is 7.05 Å². The first-order valence-corrected chi connectivity index (χ1v) is 5.37. The molecule has 0 saturated carbocycles. The van der Waals surface area contributed by atoms with E-state index in [4.69, 9.17) is 11.6 Å². The van der Waals surface area contributed by atoms with Gasteiger partial charge in [-0.15, -0.1) is 0 Å². The van der Waals surface area contributed by atoms with E-state index in [1.54, 1.807) is 6.20 Å². The van der Waals surface area contributed by atoms with Crippen molar-refractivity contribution in [1.29, 1.82) is 0 Å². The molecule has 0 aliphatic carbocycles. The van der Waals surface area contributed by atoms with Gasteiger partial charge in [-0.2, -0.15) is 5.10 Å². The fourth-order valence-electron chi connectivity index (χ4n) is 1.49. The fraction of sp³-hybridized carbons (Fsp3) is 0.273. The second-order valence-corrected chi connectivity index (χ2v) is 4.07. The quantitative estimate of drug-likeness (QED) is 0.890. The van der Waals surface area contributed by atoms with Gasteiger partial charge in [0.05, 0.1) is 10.7 Å². The first-order chi connectivity index (χ1) is 7.65. The third-order valence-electron chi connectivity index (χ3n) is 2.30. The van der Waals surface area contributed by atoms with E-state index in [0.29, 0.717) is 11.6 Å². The van der Waals surface area contributed by atoms with E-state index in [-0.39, 0.29) is 0 Å². The Kier molecular flexibility index (Phi) is 3.10. The standard InChI is InChI=1S/C11H13ClN4/c1-8-9(7-16(2)15-8)5-13-11-4-3-10(12)6-14-11/h3-4,6-7H,5H2,1-2H3,(H,13,14). The minimum atomic E-state index is 0.642. The molecular weight excluding hydrogens is 224 g/mol. The molecule has 5 heteroatoms. The van der Waals surface area contributed by atoms with Gasteiger partial charge in [0.1, 0.15) is 5.82 Å². The summed E-state index contributed by atoms with van der Waals surface area (Å²) in [5.74, 6) is 0.813. The van der Waals surface area contributed by atoms with Gasteiger partial charge in [-0.05, 0) is 19.1 Å². The molecule has 1 N–H and O–H groups in total. The van der Waals surface area contributed by atoms with Crippen LogP contribution in [0.1, 0.15) is 11.3 Å². The highest BCUT2D eigenvalue weighted by Gasteiger charge is 2.02. The van der Waals surface area contributed by atoms with E-state index in [1.165, 1.54) is 5.56 Å². The molecular formula is C11H13ClN4. The summed E-state index contributed by atoms with van der Waals surface area (Å²) in [5, 5.41) is 8.13. The third-order valence-corrected chi connectivity index (χ3v) is 2.53. The monoisotopic (exact) mass is 236 g/mol. The lowest BCUT2D eigenvalue weighted by atomic mass is 10.2. The Morgan fingerprint density at radius 1 is 1.44 bits per heavy atom. The van der Waals surface area contributed by atoms with Crippen molar-refractivity contribution in [3.63, 3.8) is 0 Å². The van der Waals surface area contributed by atoms with Gasteiger partial charge < -0.3 is 5.32 Å². The van der Waals surface area contributed by atoms with Crippen LogP contribution in [-0.4, -0.2) is 14.8 Å². The summed E-state index contributed by atoms with van der Waals surface area (Å²) >= 11 is 5.75. The number of anilines is 1. The van der Waals surface area contributed by atoms with Crippen LogP contribution in [0.15, 0.2) is 24.5 Å². The second kappa shape index (κ2) is 4.53. The minimum absolute atomic E-state index is 0.642. The maximum absolute atomic E-state index is 5.75. The van der Waals surface area contributed by atoms with Crippen LogP contribution in [0.4, 0.5) is 5.82 Å². The van der Waals surface area contributed by atoms with Gasteiger partial charge in [-0.25, -0.2) is 4.98 Å². The van der Waals surface area contributed by atoms with Gasteiger partial charge in [-0.1, -0.05) is 11.6 Å². The lowest BCUT2D eigenvalue weighted by Gasteiger charge is -2.03. The lowest BCUT2D eigenvalue weighted by molar-refractivity contribution is 0.756. The summed E-state index contributed by atoms with van der Waals surface area (Å²) in [6, 6.07) is 3.67. The molecule has 0 aliphatic rings. The summed E-state index contributed by atoms with van der Waals surface area (Å²) in [4.78, 5) is 4.16. The Morgan fingerprint density at radius 2 is 2.25 bits per heavy atom. The van der Waals surface area contributed by atoms with Gasteiger partial charge >= 0.3 is 0 Å². The topological polar surface area (TPSA) is 42.7 Å². The number of rotatable bonds is 3. The van der Waals surface area contributed by atoms with Crippen molar-refractivity contribution in [2.45, 2.75) is 13.5 Å². The zero-order valence-corrected chi connectivity index (χ0v) is 9.99. The van der Waals surface area contributed by atoms with Crippen LogP contribution in [-0.2, 0) is 13.6 Å². The Bertz CT molecular complexity index is 475. The summed E-state index contributed by atoms with van der Waals surface area (Å²) < 4.78 is 1.81. The normalized spacial score (nSPS) is 10.4. The minimum Gasteiger partial charge on any atom is -0.366 e. The van der Waals surface area contributed by atoms with Crippen molar-refractivity contribution >= 4 is 17.4 Å². The third kappa shape index (κ3) is 2.52. The van der Waals surface area contributed by atoms with Crippen LogP contribution in [0, 0.1) is 6.92 Å². The number of halogens is 1. The van der Waals surface area contributed by atoms with Crippen molar-refractivity contribution < 1.29 is 0 Å². The highest BCUT2D eigenvalue weighted by atomic mass is 35.5. The maximum atomic E-state index is 5.75. The van der Waals surface area contributed by atoms with E-state index in [2.05, 4.69) is 15.4 Å². The van der Waals surface area contributed by atoms with Crippen LogP contribution in [0.3, 0.4) is 0 Å². The smallest absolute Gasteiger partial charge is 0.126 e. The highest BCUT2D eigenvalue weighted by Crippen LogP contribution is 2.11. The highest BCUT2D eigenvalue weighted by molar-refractivity contribution is 6.30. The Morgan fingerprint density at radius 3 is 2.81 bits per heavy atom. The van der Waals surface area contributed by atoms with Gasteiger partial charge in [-0.3, -0.25) is 4.68 Å². The molecule has 0 fully saturated rings. The number of pyridine rings is 1. The fourth-order valence-corrected chi connectivity index (χ4v) is 1.60. The molecule has 0 unspecified atom stereocenters. The molecule has 2 aromatic heterocycles. The number of aryl methyl sites for hydroxylation is 2. The summed E-state index contributed by atoms with van der Waals surface area (Å²) in [5.41, 5.74) is 2.20. The number of hydrogen-bond donors (Lipinski definition) is 1. The molecule has 0 amide bonds. The molecule has 0 spiro atoms. The van der Waals surface area contributed by atoms with Crippen LogP contribution in [0.2, 0.25) is 5.02 Å². The van der Waals surface area contributed by atoms with Gasteiger partial charge in [0, 0.05) is 31.5 Å². The first-order valence-electron chi connectivity index (χ1n) is 4.99.